The highest BCUT2D eigenvalue weighted by Gasteiger charge is 2.20. The van der Waals surface area contributed by atoms with Gasteiger partial charge in [-0.05, 0) is 32.3 Å². The summed E-state index contributed by atoms with van der Waals surface area (Å²) in [6.07, 6.45) is 1.66. The van der Waals surface area contributed by atoms with Crippen LogP contribution in [0.1, 0.15) is 21.9 Å². The quantitative estimate of drug-likeness (QED) is 0.758. The van der Waals surface area contributed by atoms with Crippen LogP contribution in [0.2, 0.25) is 0 Å². The number of fused-ring (bicyclic) bond motifs is 1. The maximum Gasteiger partial charge on any atom is 0.274 e. The van der Waals surface area contributed by atoms with Crippen LogP contribution in [0.15, 0.2) is 36.5 Å². The van der Waals surface area contributed by atoms with Gasteiger partial charge in [0.05, 0.1) is 17.1 Å². The molecule has 7 heteroatoms. The Kier molecular flexibility index (Phi) is 4.92. The first-order valence-corrected chi connectivity index (χ1v) is 9.47. The average Bonchev–Trinajstić information content (AvgIpc) is 2.70. The number of hydrogen-bond acceptors (Lipinski definition) is 6. The predicted octanol–water partition coefficient (Wildman–Crippen LogP) is 2.65. The Labute approximate surface area is 164 Å². The third-order valence-corrected chi connectivity index (χ3v) is 5.17. The van der Waals surface area contributed by atoms with Gasteiger partial charge in [-0.2, -0.15) is 0 Å². The molecule has 0 bridgehead atoms. The number of carbonyl (C=O) groups excluding carboxylic acids is 1. The number of carbonyl (C=O) groups is 1. The molecular weight excluding hydrogens is 352 g/mol. The van der Waals surface area contributed by atoms with Crippen molar-refractivity contribution in [3.05, 3.63) is 53.6 Å². The van der Waals surface area contributed by atoms with E-state index in [-0.39, 0.29) is 5.91 Å². The number of anilines is 2. The fourth-order valence-corrected chi connectivity index (χ4v) is 3.50. The summed E-state index contributed by atoms with van der Waals surface area (Å²) in [5.41, 5.74) is 2.57. The van der Waals surface area contributed by atoms with Gasteiger partial charge >= 0.3 is 0 Å². The lowest BCUT2D eigenvalue weighted by atomic mass is 10.1. The van der Waals surface area contributed by atoms with Gasteiger partial charge in [-0.1, -0.05) is 24.3 Å². The molecule has 0 radical (unpaired) electrons. The van der Waals surface area contributed by atoms with E-state index in [9.17, 15) is 4.79 Å². The van der Waals surface area contributed by atoms with Gasteiger partial charge in [-0.3, -0.25) is 9.78 Å². The van der Waals surface area contributed by atoms with Gasteiger partial charge in [-0.25, -0.2) is 9.97 Å². The van der Waals surface area contributed by atoms with Crippen LogP contribution in [0.25, 0.3) is 10.8 Å². The van der Waals surface area contributed by atoms with Crippen molar-refractivity contribution >= 4 is 28.3 Å². The van der Waals surface area contributed by atoms with Gasteiger partial charge in [0.25, 0.3) is 5.91 Å². The average molecular weight is 376 g/mol. The molecule has 1 aliphatic heterocycles. The van der Waals surface area contributed by atoms with E-state index < -0.39 is 0 Å². The van der Waals surface area contributed by atoms with Crippen molar-refractivity contribution in [2.75, 3.05) is 43.4 Å². The zero-order valence-corrected chi connectivity index (χ0v) is 16.4. The predicted molar refractivity (Wildman–Crippen MR) is 111 cm³/mol. The molecule has 0 atom stereocenters. The van der Waals surface area contributed by atoms with Crippen molar-refractivity contribution < 1.29 is 4.79 Å². The number of pyridine rings is 1. The summed E-state index contributed by atoms with van der Waals surface area (Å²) in [6, 6.07) is 9.63. The Hall–Kier alpha value is -3.06. The van der Waals surface area contributed by atoms with E-state index >= 15 is 0 Å². The van der Waals surface area contributed by atoms with Crippen LogP contribution in [0, 0.1) is 13.8 Å². The van der Waals surface area contributed by atoms with Crippen LogP contribution in [0.4, 0.5) is 11.6 Å². The number of rotatable bonds is 3. The molecular formula is C21H24N6O. The Bertz CT molecular complexity index is 998. The zero-order chi connectivity index (χ0) is 19.7. The van der Waals surface area contributed by atoms with Crippen LogP contribution < -0.4 is 10.2 Å². The molecule has 4 rings (SSSR count). The highest BCUT2D eigenvalue weighted by Crippen LogP contribution is 2.23. The molecule has 0 spiro atoms. The molecule has 1 amide bonds. The van der Waals surface area contributed by atoms with E-state index in [1.807, 2.05) is 44.2 Å². The largest absolute Gasteiger partial charge is 0.338 e. The molecule has 7 nitrogen and oxygen atoms in total. The first-order valence-electron chi connectivity index (χ1n) is 9.47. The topological polar surface area (TPSA) is 74.2 Å². The highest BCUT2D eigenvalue weighted by atomic mass is 16.1. The summed E-state index contributed by atoms with van der Waals surface area (Å²) in [4.78, 5) is 31.0. The van der Waals surface area contributed by atoms with Crippen LogP contribution in [-0.4, -0.2) is 59.0 Å². The SMILES string of the molecule is Cc1nc(N2CCN(C)CC2)nc(C)c1NC(=O)c1nccc2ccccc12. The minimum atomic E-state index is -0.251. The molecule has 1 saturated heterocycles. The van der Waals surface area contributed by atoms with E-state index in [1.54, 1.807) is 6.20 Å². The van der Waals surface area contributed by atoms with Crippen molar-refractivity contribution in [1.82, 2.24) is 19.9 Å². The third-order valence-electron chi connectivity index (χ3n) is 5.17. The van der Waals surface area contributed by atoms with Crippen molar-refractivity contribution in [1.29, 1.82) is 0 Å². The van der Waals surface area contributed by atoms with E-state index in [0.29, 0.717) is 11.4 Å². The number of benzene rings is 1. The highest BCUT2D eigenvalue weighted by molar-refractivity contribution is 6.11. The zero-order valence-electron chi connectivity index (χ0n) is 16.4. The van der Waals surface area contributed by atoms with Gasteiger partial charge < -0.3 is 15.1 Å². The van der Waals surface area contributed by atoms with E-state index in [0.717, 1.165) is 54.3 Å². The summed E-state index contributed by atoms with van der Waals surface area (Å²) in [6.45, 7) is 7.60. The summed E-state index contributed by atoms with van der Waals surface area (Å²) >= 11 is 0. The van der Waals surface area contributed by atoms with Crippen molar-refractivity contribution in [3.8, 4) is 0 Å². The number of nitrogens with zero attached hydrogens (tertiary/aromatic N) is 5. The van der Waals surface area contributed by atoms with Crippen LogP contribution in [-0.2, 0) is 0 Å². The monoisotopic (exact) mass is 376 g/mol. The lowest BCUT2D eigenvalue weighted by molar-refractivity contribution is 0.102. The third kappa shape index (κ3) is 3.53. The molecule has 1 fully saturated rings. The van der Waals surface area contributed by atoms with Gasteiger partial charge in [-0.15, -0.1) is 0 Å². The second kappa shape index (κ2) is 7.52. The van der Waals surface area contributed by atoms with E-state index in [2.05, 4.69) is 37.1 Å². The standard InChI is InChI=1S/C21H24N6O/c1-14-18(15(2)24-21(23-14)27-12-10-26(3)11-13-27)25-20(28)19-17-7-5-4-6-16(17)8-9-22-19/h4-9H,10-13H2,1-3H3,(H,25,28). The molecule has 1 aromatic carbocycles. The number of hydrogen-bond donors (Lipinski definition) is 1. The fourth-order valence-electron chi connectivity index (χ4n) is 3.50. The van der Waals surface area contributed by atoms with Crippen LogP contribution in [0.3, 0.4) is 0 Å². The number of likely N-dealkylation sites (N-methyl/N-ethyl adjacent to an activating group) is 1. The molecule has 1 aliphatic rings. The maximum atomic E-state index is 12.9. The van der Waals surface area contributed by atoms with E-state index in [4.69, 9.17) is 0 Å². The smallest absolute Gasteiger partial charge is 0.274 e. The van der Waals surface area contributed by atoms with Crippen LogP contribution in [0.5, 0.6) is 0 Å². The van der Waals surface area contributed by atoms with E-state index in [1.165, 1.54) is 0 Å². The Morgan fingerprint density at radius 3 is 2.39 bits per heavy atom. The van der Waals surface area contributed by atoms with Gasteiger partial charge in [0.2, 0.25) is 5.95 Å². The second-order valence-corrected chi connectivity index (χ2v) is 7.19. The number of amides is 1. The number of piperazine rings is 1. The minimum Gasteiger partial charge on any atom is -0.338 e. The van der Waals surface area contributed by atoms with Gasteiger partial charge in [0.1, 0.15) is 5.69 Å². The molecule has 144 valence electrons. The van der Waals surface area contributed by atoms with Crippen LogP contribution >= 0.6 is 0 Å². The van der Waals surface area contributed by atoms with Crippen molar-refractivity contribution in [2.45, 2.75) is 13.8 Å². The molecule has 0 unspecified atom stereocenters. The molecule has 0 saturated carbocycles. The molecule has 3 aromatic rings. The molecule has 28 heavy (non-hydrogen) atoms. The molecule has 2 aromatic heterocycles. The molecule has 0 aliphatic carbocycles. The Balaban J connectivity index is 1.60. The van der Waals surface area contributed by atoms with Crippen molar-refractivity contribution in [2.24, 2.45) is 0 Å². The summed E-state index contributed by atoms with van der Waals surface area (Å²) in [7, 11) is 2.12. The number of aryl methyl sites for hydroxylation is 2. The normalized spacial score (nSPS) is 15.0. The maximum absolute atomic E-state index is 12.9. The summed E-state index contributed by atoms with van der Waals surface area (Å²) < 4.78 is 0. The second-order valence-electron chi connectivity index (χ2n) is 7.19. The Morgan fingerprint density at radius 1 is 1.00 bits per heavy atom. The Morgan fingerprint density at radius 2 is 1.68 bits per heavy atom. The van der Waals surface area contributed by atoms with Gasteiger partial charge in [0.15, 0.2) is 0 Å². The minimum absolute atomic E-state index is 0.251. The van der Waals surface area contributed by atoms with Gasteiger partial charge in [0, 0.05) is 37.8 Å². The fraction of sp³-hybridized carbons (Fsp3) is 0.333. The molecule has 3 heterocycles. The summed E-state index contributed by atoms with van der Waals surface area (Å²) in [5, 5.41) is 4.78. The lowest BCUT2D eigenvalue weighted by Crippen LogP contribution is -2.45. The molecule has 1 N–H and O–H groups in total. The van der Waals surface area contributed by atoms with Crippen molar-refractivity contribution in [3.63, 3.8) is 0 Å². The first-order chi connectivity index (χ1) is 13.5. The lowest BCUT2D eigenvalue weighted by Gasteiger charge is -2.32. The summed E-state index contributed by atoms with van der Waals surface area (Å²) in [5.74, 6) is 0.475. The number of aromatic nitrogens is 3. The first kappa shape index (κ1) is 18.3. The number of nitrogens with one attached hydrogen (secondary N) is 1.